The minimum Gasteiger partial charge on any atom is -0.301 e. The van der Waals surface area contributed by atoms with Crippen LogP contribution in [-0.2, 0) is 12.8 Å². The van der Waals surface area contributed by atoms with Crippen molar-refractivity contribution in [1.82, 2.24) is 9.88 Å². The predicted molar refractivity (Wildman–Crippen MR) is 75.0 cm³/mol. The van der Waals surface area contributed by atoms with Gasteiger partial charge in [0.1, 0.15) is 0 Å². The van der Waals surface area contributed by atoms with Gasteiger partial charge in [-0.2, -0.15) is 0 Å². The minimum atomic E-state index is 0.478. The van der Waals surface area contributed by atoms with Crippen LogP contribution in [0.4, 0.5) is 0 Å². The highest BCUT2D eigenvalue weighted by atomic mass is 35.5. The summed E-state index contributed by atoms with van der Waals surface area (Å²) in [5.74, 6) is 0. The zero-order valence-corrected chi connectivity index (χ0v) is 12.0. The number of rotatable bonds is 1. The maximum atomic E-state index is 6.04. The highest BCUT2D eigenvalue weighted by Crippen LogP contribution is 2.44. The normalized spacial score (nSPS) is 22.7. The number of pyridine rings is 1. The molecular formula is C15H21ClN2. The molecule has 1 aliphatic carbocycles. The van der Waals surface area contributed by atoms with Gasteiger partial charge in [0.15, 0.2) is 0 Å². The third-order valence-electron chi connectivity index (χ3n) is 4.72. The highest BCUT2D eigenvalue weighted by molar-refractivity contribution is 6.30. The molecule has 0 unspecified atom stereocenters. The molecule has 1 spiro atoms. The van der Waals surface area contributed by atoms with Crippen LogP contribution in [0.25, 0.3) is 0 Å². The first kappa shape index (κ1) is 12.4. The second-order valence-corrected chi connectivity index (χ2v) is 6.68. The lowest BCUT2D eigenvalue weighted by Gasteiger charge is -2.41. The van der Waals surface area contributed by atoms with Gasteiger partial charge >= 0.3 is 0 Å². The summed E-state index contributed by atoms with van der Waals surface area (Å²) in [6, 6.07) is 2.80. The quantitative estimate of drug-likeness (QED) is 0.774. The van der Waals surface area contributed by atoms with Crippen LogP contribution < -0.4 is 0 Å². The van der Waals surface area contributed by atoms with E-state index in [4.69, 9.17) is 11.6 Å². The second-order valence-electron chi connectivity index (χ2n) is 6.24. The van der Waals surface area contributed by atoms with Crippen LogP contribution in [-0.4, -0.2) is 29.0 Å². The molecule has 0 aromatic carbocycles. The van der Waals surface area contributed by atoms with E-state index in [0.29, 0.717) is 11.5 Å². The summed E-state index contributed by atoms with van der Waals surface area (Å²) in [5.41, 5.74) is 3.16. The van der Waals surface area contributed by atoms with E-state index in [1.165, 1.54) is 43.6 Å². The third-order valence-corrected chi connectivity index (χ3v) is 4.93. The van der Waals surface area contributed by atoms with Gasteiger partial charge in [0.2, 0.25) is 0 Å². The highest BCUT2D eigenvalue weighted by Gasteiger charge is 2.40. The van der Waals surface area contributed by atoms with Crippen molar-refractivity contribution in [1.29, 1.82) is 0 Å². The Balaban J connectivity index is 1.74. The Hall–Kier alpha value is -0.600. The second kappa shape index (κ2) is 4.50. The standard InChI is InChI=1S/C15H21ClN2/c1-11(2)18-5-3-15(4-6-18)8-12-7-13(16)10-17-14(12)9-15/h7,10-11H,3-6,8-9H2,1-2H3. The fourth-order valence-corrected chi connectivity index (χ4v) is 3.69. The van der Waals surface area contributed by atoms with Gasteiger partial charge in [-0.15, -0.1) is 0 Å². The SMILES string of the molecule is CC(C)N1CCC2(CC1)Cc1cc(Cl)cnc1C2. The Morgan fingerprint density at radius 2 is 2.00 bits per heavy atom. The lowest BCUT2D eigenvalue weighted by atomic mass is 9.76. The van der Waals surface area contributed by atoms with Gasteiger partial charge in [0, 0.05) is 17.9 Å². The van der Waals surface area contributed by atoms with E-state index in [-0.39, 0.29) is 0 Å². The lowest BCUT2D eigenvalue weighted by molar-refractivity contribution is 0.0891. The number of hydrogen-bond donors (Lipinski definition) is 0. The van der Waals surface area contributed by atoms with Crippen molar-refractivity contribution >= 4 is 11.6 Å². The summed E-state index contributed by atoms with van der Waals surface area (Å²) in [4.78, 5) is 7.11. The first-order valence-electron chi connectivity index (χ1n) is 6.95. The Morgan fingerprint density at radius 1 is 1.28 bits per heavy atom. The van der Waals surface area contributed by atoms with Crippen LogP contribution in [0.3, 0.4) is 0 Å². The van der Waals surface area contributed by atoms with Crippen molar-refractivity contribution in [2.24, 2.45) is 5.41 Å². The molecule has 2 heterocycles. The van der Waals surface area contributed by atoms with E-state index >= 15 is 0 Å². The molecule has 0 bridgehead atoms. The Bertz CT molecular complexity index is 448. The van der Waals surface area contributed by atoms with Crippen molar-refractivity contribution in [3.63, 3.8) is 0 Å². The summed E-state index contributed by atoms with van der Waals surface area (Å²) >= 11 is 6.04. The molecule has 18 heavy (non-hydrogen) atoms. The fourth-order valence-electron chi connectivity index (χ4n) is 3.51. The number of fused-ring (bicyclic) bond motifs is 1. The van der Waals surface area contributed by atoms with E-state index in [9.17, 15) is 0 Å². The molecule has 0 atom stereocenters. The number of aromatic nitrogens is 1. The van der Waals surface area contributed by atoms with Gasteiger partial charge in [-0.1, -0.05) is 11.6 Å². The molecule has 1 aromatic rings. The molecular weight excluding hydrogens is 244 g/mol. The Labute approximate surface area is 114 Å². The average molecular weight is 265 g/mol. The van der Waals surface area contributed by atoms with E-state index in [2.05, 4.69) is 29.8 Å². The van der Waals surface area contributed by atoms with Crippen LogP contribution in [0.15, 0.2) is 12.3 Å². The monoisotopic (exact) mass is 264 g/mol. The topological polar surface area (TPSA) is 16.1 Å². The molecule has 1 fully saturated rings. The zero-order chi connectivity index (χ0) is 12.8. The molecule has 3 rings (SSSR count). The van der Waals surface area contributed by atoms with Crippen molar-refractivity contribution in [2.75, 3.05) is 13.1 Å². The Morgan fingerprint density at radius 3 is 2.67 bits per heavy atom. The lowest BCUT2D eigenvalue weighted by Crippen LogP contribution is -2.43. The predicted octanol–water partition coefficient (Wildman–Crippen LogP) is 3.32. The van der Waals surface area contributed by atoms with Crippen molar-refractivity contribution in [2.45, 2.75) is 45.6 Å². The van der Waals surface area contributed by atoms with Crippen molar-refractivity contribution < 1.29 is 0 Å². The molecule has 1 aromatic heterocycles. The fraction of sp³-hybridized carbons (Fsp3) is 0.667. The molecule has 1 aliphatic heterocycles. The molecule has 0 radical (unpaired) electrons. The van der Waals surface area contributed by atoms with E-state index in [1.54, 1.807) is 6.20 Å². The van der Waals surface area contributed by atoms with E-state index in [1.807, 2.05) is 0 Å². The minimum absolute atomic E-state index is 0.478. The van der Waals surface area contributed by atoms with Crippen LogP contribution >= 0.6 is 11.6 Å². The maximum absolute atomic E-state index is 6.04. The van der Waals surface area contributed by atoms with Crippen molar-refractivity contribution in [3.8, 4) is 0 Å². The maximum Gasteiger partial charge on any atom is 0.0592 e. The van der Waals surface area contributed by atoms with Gasteiger partial charge in [-0.25, -0.2) is 0 Å². The van der Waals surface area contributed by atoms with Crippen LogP contribution in [0.2, 0.25) is 5.02 Å². The first-order chi connectivity index (χ1) is 8.58. The van der Waals surface area contributed by atoms with E-state index in [0.717, 1.165) is 11.4 Å². The molecule has 2 nitrogen and oxygen atoms in total. The smallest absolute Gasteiger partial charge is 0.0592 e. The summed E-state index contributed by atoms with van der Waals surface area (Å²) < 4.78 is 0. The van der Waals surface area contributed by atoms with Gasteiger partial charge in [0.05, 0.1) is 5.02 Å². The molecule has 2 aliphatic rings. The third kappa shape index (κ3) is 2.17. The summed E-state index contributed by atoms with van der Waals surface area (Å²) in [5, 5.41) is 0.783. The number of piperidine rings is 1. The molecule has 98 valence electrons. The average Bonchev–Trinajstić information content (AvgIpc) is 2.66. The number of halogens is 1. The molecule has 1 saturated heterocycles. The van der Waals surface area contributed by atoms with Crippen LogP contribution in [0.1, 0.15) is 37.9 Å². The van der Waals surface area contributed by atoms with Gasteiger partial charge in [-0.05, 0) is 69.7 Å². The first-order valence-corrected chi connectivity index (χ1v) is 7.33. The number of hydrogen-bond acceptors (Lipinski definition) is 2. The van der Waals surface area contributed by atoms with Gasteiger partial charge in [-0.3, -0.25) is 4.98 Å². The summed E-state index contributed by atoms with van der Waals surface area (Å²) in [6.07, 6.45) is 6.74. The number of likely N-dealkylation sites (tertiary alicyclic amines) is 1. The zero-order valence-electron chi connectivity index (χ0n) is 11.2. The van der Waals surface area contributed by atoms with E-state index < -0.39 is 0 Å². The van der Waals surface area contributed by atoms with Crippen LogP contribution in [0.5, 0.6) is 0 Å². The summed E-state index contributed by atoms with van der Waals surface area (Å²) in [6.45, 7) is 7.06. The molecule has 0 amide bonds. The molecule has 0 N–H and O–H groups in total. The van der Waals surface area contributed by atoms with Gasteiger partial charge in [0.25, 0.3) is 0 Å². The molecule has 0 saturated carbocycles. The Kier molecular flexibility index (Phi) is 3.11. The molecule has 3 heteroatoms. The largest absolute Gasteiger partial charge is 0.301 e. The summed E-state index contributed by atoms with van der Waals surface area (Å²) in [7, 11) is 0. The van der Waals surface area contributed by atoms with Crippen molar-refractivity contribution in [3.05, 3.63) is 28.5 Å². The van der Waals surface area contributed by atoms with Crippen LogP contribution in [0, 0.1) is 5.41 Å². The van der Waals surface area contributed by atoms with Gasteiger partial charge < -0.3 is 4.90 Å². The number of nitrogens with zero attached hydrogens (tertiary/aromatic N) is 2.